The number of amides is 1. The summed E-state index contributed by atoms with van der Waals surface area (Å²) in [7, 11) is 1.56. The van der Waals surface area contributed by atoms with Crippen LogP contribution >= 0.6 is 0 Å². The Morgan fingerprint density at radius 3 is 2.41 bits per heavy atom. The van der Waals surface area contributed by atoms with Gasteiger partial charge < -0.3 is 19.7 Å². The average molecular weight is 398 g/mol. The van der Waals surface area contributed by atoms with E-state index in [-0.39, 0.29) is 29.3 Å². The standard InChI is InChI=1S/C21H19FN2O5/c1-12(23-17(25)11-13-3-9-16(28-2)10-4-13)18-19(24-29-20(18)21(26)27)14-5-7-15(22)8-6-14/h3-10,12H,11H2,1-2H3,(H,23,25)(H,26,27). The molecule has 0 bridgehead atoms. The molecular weight excluding hydrogens is 379 g/mol. The van der Waals surface area contributed by atoms with Crippen molar-refractivity contribution in [1.29, 1.82) is 0 Å². The van der Waals surface area contributed by atoms with Crippen LogP contribution in [-0.4, -0.2) is 29.2 Å². The van der Waals surface area contributed by atoms with Gasteiger partial charge in [0.2, 0.25) is 11.7 Å². The second-order valence-corrected chi connectivity index (χ2v) is 6.40. The van der Waals surface area contributed by atoms with E-state index >= 15 is 0 Å². The molecule has 7 nitrogen and oxygen atoms in total. The first-order valence-electron chi connectivity index (χ1n) is 8.80. The fraction of sp³-hybridized carbons (Fsp3) is 0.190. The van der Waals surface area contributed by atoms with Crippen LogP contribution in [0.1, 0.15) is 34.6 Å². The molecule has 0 fully saturated rings. The van der Waals surface area contributed by atoms with Crippen LogP contribution in [0.5, 0.6) is 5.75 Å². The second kappa shape index (κ2) is 8.55. The summed E-state index contributed by atoms with van der Waals surface area (Å²) in [5.41, 5.74) is 1.71. The Balaban J connectivity index is 1.82. The van der Waals surface area contributed by atoms with E-state index in [1.165, 1.54) is 24.3 Å². The molecule has 0 radical (unpaired) electrons. The minimum Gasteiger partial charge on any atom is -0.497 e. The van der Waals surface area contributed by atoms with Crippen molar-refractivity contribution in [3.63, 3.8) is 0 Å². The molecule has 2 aromatic carbocycles. The van der Waals surface area contributed by atoms with E-state index in [4.69, 9.17) is 9.26 Å². The number of halogens is 1. The number of nitrogens with zero attached hydrogens (tertiary/aromatic N) is 1. The zero-order chi connectivity index (χ0) is 21.0. The molecule has 0 aliphatic carbocycles. The third-order valence-corrected chi connectivity index (χ3v) is 4.37. The molecule has 0 spiro atoms. The van der Waals surface area contributed by atoms with Crippen LogP contribution < -0.4 is 10.1 Å². The second-order valence-electron chi connectivity index (χ2n) is 6.40. The Hall–Kier alpha value is -3.68. The Kier molecular flexibility index (Phi) is 5.92. The number of aromatic nitrogens is 1. The van der Waals surface area contributed by atoms with Gasteiger partial charge in [-0.15, -0.1) is 0 Å². The Bertz CT molecular complexity index is 1010. The first-order valence-corrected chi connectivity index (χ1v) is 8.80. The van der Waals surface area contributed by atoms with E-state index in [1.807, 2.05) is 0 Å². The molecule has 2 N–H and O–H groups in total. The van der Waals surface area contributed by atoms with E-state index in [0.29, 0.717) is 11.3 Å². The quantitative estimate of drug-likeness (QED) is 0.630. The zero-order valence-corrected chi connectivity index (χ0v) is 15.8. The smallest absolute Gasteiger partial charge is 0.375 e. The topological polar surface area (TPSA) is 102 Å². The van der Waals surface area contributed by atoms with Crippen LogP contribution in [-0.2, 0) is 11.2 Å². The van der Waals surface area contributed by atoms with E-state index < -0.39 is 17.8 Å². The average Bonchev–Trinajstić information content (AvgIpc) is 3.14. The summed E-state index contributed by atoms with van der Waals surface area (Å²) in [6.45, 7) is 1.64. The molecule has 1 amide bonds. The minimum absolute atomic E-state index is 0.105. The molecule has 3 aromatic rings. The van der Waals surface area contributed by atoms with Crippen LogP contribution in [0.25, 0.3) is 11.3 Å². The monoisotopic (exact) mass is 398 g/mol. The number of nitrogens with one attached hydrogen (secondary N) is 1. The normalized spacial score (nSPS) is 11.7. The van der Waals surface area contributed by atoms with Crippen molar-refractivity contribution < 1.29 is 28.3 Å². The summed E-state index contributed by atoms with van der Waals surface area (Å²) in [4.78, 5) is 24.0. The van der Waals surface area contributed by atoms with Gasteiger partial charge in [-0.05, 0) is 48.9 Å². The van der Waals surface area contributed by atoms with Gasteiger partial charge in [0, 0.05) is 5.56 Å². The van der Waals surface area contributed by atoms with Gasteiger partial charge in [0.05, 0.1) is 25.1 Å². The van der Waals surface area contributed by atoms with Gasteiger partial charge in [0.25, 0.3) is 0 Å². The first-order chi connectivity index (χ1) is 13.9. The van der Waals surface area contributed by atoms with E-state index in [2.05, 4.69) is 10.5 Å². The third-order valence-electron chi connectivity index (χ3n) is 4.37. The van der Waals surface area contributed by atoms with Crippen molar-refractivity contribution in [3.05, 3.63) is 71.2 Å². The highest BCUT2D eigenvalue weighted by molar-refractivity contribution is 5.89. The van der Waals surface area contributed by atoms with Gasteiger partial charge in [0.15, 0.2) is 0 Å². The highest BCUT2D eigenvalue weighted by Crippen LogP contribution is 2.31. The number of carboxylic acids is 1. The van der Waals surface area contributed by atoms with Crippen molar-refractivity contribution in [2.75, 3.05) is 7.11 Å². The molecule has 1 atom stereocenters. The lowest BCUT2D eigenvalue weighted by atomic mass is 10.00. The van der Waals surface area contributed by atoms with Crippen molar-refractivity contribution in [1.82, 2.24) is 10.5 Å². The van der Waals surface area contributed by atoms with Crippen LogP contribution in [0.3, 0.4) is 0 Å². The summed E-state index contributed by atoms with van der Waals surface area (Å²) >= 11 is 0. The number of carboxylic acid groups (broad SMARTS) is 1. The summed E-state index contributed by atoms with van der Waals surface area (Å²) < 4.78 is 23.3. The number of hydrogen-bond donors (Lipinski definition) is 2. The van der Waals surface area contributed by atoms with E-state index in [9.17, 15) is 19.1 Å². The lowest BCUT2D eigenvalue weighted by Gasteiger charge is -2.15. The van der Waals surface area contributed by atoms with Gasteiger partial charge >= 0.3 is 5.97 Å². The van der Waals surface area contributed by atoms with Gasteiger partial charge in [0.1, 0.15) is 17.3 Å². The lowest BCUT2D eigenvalue weighted by molar-refractivity contribution is -0.121. The number of benzene rings is 2. The molecule has 150 valence electrons. The largest absolute Gasteiger partial charge is 0.497 e. The molecule has 29 heavy (non-hydrogen) atoms. The van der Waals surface area contributed by atoms with Crippen molar-refractivity contribution in [3.8, 4) is 17.0 Å². The summed E-state index contributed by atoms with van der Waals surface area (Å²) in [6.07, 6.45) is 0.105. The van der Waals surface area contributed by atoms with Crippen molar-refractivity contribution >= 4 is 11.9 Å². The van der Waals surface area contributed by atoms with E-state index in [0.717, 1.165) is 5.56 Å². The molecule has 1 heterocycles. The maximum atomic E-state index is 13.2. The number of hydrogen-bond acceptors (Lipinski definition) is 5. The van der Waals surface area contributed by atoms with Gasteiger partial charge in [-0.25, -0.2) is 9.18 Å². The maximum Gasteiger partial charge on any atom is 0.375 e. The fourth-order valence-electron chi connectivity index (χ4n) is 2.96. The zero-order valence-electron chi connectivity index (χ0n) is 15.8. The number of carbonyl (C=O) groups excluding carboxylic acids is 1. The SMILES string of the molecule is COc1ccc(CC(=O)NC(C)c2c(-c3ccc(F)cc3)noc2C(=O)O)cc1. The summed E-state index contributed by atoms with van der Waals surface area (Å²) in [6, 6.07) is 11.8. The van der Waals surface area contributed by atoms with Gasteiger partial charge in [-0.3, -0.25) is 4.79 Å². The first kappa shape index (κ1) is 20.1. The van der Waals surface area contributed by atoms with Crippen LogP contribution in [0.4, 0.5) is 4.39 Å². The number of carbonyl (C=O) groups is 2. The molecule has 0 aliphatic rings. The third kappa shape index (κ3) is 4.60. The van der Waals surface area contributed by atoms with E-state index in [1.54, 1.807) is 38.3 Å². The molecular formula is C21H19FN2O5. The van der Waals surface area contributed by atoms with Gasteiger partial charge in [-0.1, -0.05) is 17.3 Å². The number of methoxy groups -OCH3 is 1. The Morgan fingerprint density at radius 2 is 1.83 bits per heavy atom. The van der Waals surface area contributed by atoms with Crippen LogP contribution in [0.15, 0.2) is 53.1 Å². The minimum atomic E-state index is -1.31. The predicted molar refractivity (Wildman–Crippen MR) is 102 cm³/mol. The summed E-state index contributed by atoms with van der Waals surface area (Å²) in [5.74, 6) is -1.73. The number of aromatic carboxylic acids is 1. The molecule has 0 saturated heterocycles. The number of rotatable bonds is 7. The molecule has 1 unspecified atom stereocenters. The highest BCUT2D eigenvalue weighted by atomic mass is 19.1. The molecule has 3 rings (SSSR count). The fourth-order valence-corrected chi connectivity index (χ4v) is 2.96. The van der Waals surface area contributed by atoms with Crippen LogP contribution in [0.2, 0.25) is 0 Å². The van der Waals surface area contributed by atoms with Crippen molar-refractivity contribution in [2.24, 2.45) is 0 Å². The van der Waals surface area contributed by atoms with Crippen LogP contribution in [0, 0.1) is 5.82 Å². The highest BCUT2D eigenvalue weighted by Gasteiger charge is 2.28. The maximum absolute atomic E-state index is 13.2. The molecule has 1 aromatic heterocycles. The lowest BCUT2D eigenvalue weighted by Crippen LogP contribution is -2.29. The van der Waals surface area contributed by atoms with Crippen molar-refractivity contribution in [2.45, 2.75) is 19.4 Å². The predicted octanol–water partition coefficient (Wildman–Crippen LogP) is 3.61. The van der Waals surface area contributed by atoms with Gasteiger partial charge in [-0.2, -0.15) is 0 Å². The Labute approximate surface area is 166 Å². The Morgan fingerprint density at radius 1 is 1.17 bits per heavy atom. The molecule has 8 heteroatoms. The molecule has 0 aliphatic heterocycles. The molecule has 0 saturated carbocycles. The number of ether oxygens (including phenoxy) is 1. The summed E-state index contributed by atoms with van der Waals surface area (Å²) in [5, 5.41) is 16.0.